The minimum Gasteiger partial charge on any atom is -0.379 e. The van der Waals surface area contributed by atoms with Gasteiger partial charge >= 0.3 is 6.03 Å². The number of rotatable bonds is 7. The first kappa shape index (κ1) is 24.6. The minimum atomic E-state index is -0.422. The number of likely N-dealkylation sites (tertiary alicyclic amines) is 1. The zero-order valence-electron chi connectivity index (χ0n) is 20.7. The molecule has 0 radical (unpaired) electrons. The summed E-state index contributed by atoms with van der Waals surface area (Å²) in [5, 5.41) is 15.6. The molecule has 5 rings (SSSR count). The Labute approximate surface area is 214 Å². The van der Waals surface area contributed by atoms with Crippen LogP contribution in [0.5, 0.6) is 0 Å². The van der Waals surface area contributed by atoms with E-state index in [4.69, 9.17) is 4.74 Å². The zero-order valence-corrected chi connectivity index (χ0v) is 20.7. The van der Waals surface area contributed by atoms with Crippen LogP contribution < -0.4 is 15.5 Å². The third-order valence-electron chi connectivity index (χ3n) is 7.28. The summed E-state index contributed by atoms with van der Waals surface area (Å²) in [6, 6.07) is 5.34. The van der Waals surface area contributed by atoms with Crippen LogP contribution >= 0.6 is 0 Å². The highest BCUT2D eigenvalue weighted by Gasteiger charge is 2.32. The van der Waals surface area contributed by atoms with Gasteiger partial charge in [-0.1, -0.05) is 0 Å². The van der Waals surface area contributed by atoms with Gasteiger partial charge in [-0.05, 0) is 43.7 Å². The molecule has 3 amide bonds. The number of nitrogens with zero attached hydrogens (tertiary/aromatic N) is 5. The van der Waals surface area contributed by atoms with Gasteiger partial charge < -0.3 is 15.0 Å². The number of hydrogen-bond acceptors (Lipinski definition) is 8. The lowest BCUT2D eigenvalue weighted by atomic mass is 9.88. The molecule has 3 aliphatic rings. The number of nitriles is 1. The Hall–Kier alpha value is -4.04. The summed E-state index contributed by atoms with van der Waals surface area (Å²) in [6.07, 6.45) is 6.85. The van der Waals surface area contributed by atoms with Crippen molar-refractivity contribution in [2.75, 3.05) is 35.7 Å². The Kier molecular flexibility index (Phi) is 7.01. The Morgan fingerprint density at radius 3 is 2.78 bits per heavy atom. The fourth-order valence-electron chi connectivity index (χ4n) is 5.09. The van der Waals surface area contributed by atoms with E-state index in [2.05, 4.69) is 26.7 Å². The molecule has 0 bridgehead atoms. The molecule has 1 aliphatic carbocycles. The van der Waals surface area contributed by atoms with E-state index in [1.54, 1.807) is 18.1 Å². The standard InChI is InChI=1S/C26H29N7O4/c1-37-22-7-6-19(22)29-20-11-23(28-13-18(20)12-27)31-26(36)33-9-2-4-16-10-17(21(15-34)30-25(16)33)14-32-8-3-5-24(32)35/h10-11,13,15,19,22H,2-9,14H2,1H3,(H2,28,29,31,36). The molecule has 0 aromatic carbocycles. The molecule has 11 heteroatoms. The normalized spacial score (nSPS) is 20.6. The van der Waals surface area contributed by atoms with E-state index in [0.29, 0.717) is 60.8 Å². The number of anilines is 3. The molecule has 0 spiro atoms. The highest BCUT2D eigenvalue weighted by molar-refractivity contribution is 6.02. The molecule has 2 aliphatic heterocycles. The van der Waals surface area contributed by atoms with Gasteiger partial charge in [0.1, 0.15) is 23.4 Å². The Morgan fingerprint density at radius 2 is 2.11 bits per heavy atom. The van der Waals surface area contributed by atoms with Gasteiger partial charge in [0.25, 0.3) is 0 Å². The molecule has 2 fully saturated rings. The van der Waals surface area contributed by atoms with Gasteiger partial charge in [-0.2, -0.15) is 5.26 Å². The van der Waals surface area contributed by atoms with Crippen molar-refractivity contribution in [3.05, 3.63) is 40.7 Å². The third kappa shape index (κ3) is 4.97. The molecule has 2 atom stereocenters. The number of aromatic nitrogens is 2. The average molecular weight is 504 g/mol. The summed E-state index contributed by atoms with van der Waals surface area (Å²) in [5.41, 5.74) is 2.75. The predicted molar refractivity (Wildman–Crippen MR) is 135 cm³/mol. The van der Waals surface area contributed by atoms with Crippen LogP contribution in [0.4, 0.5) is 22.1 Å². The smallest absolute Gasteiger partial charge is 0.328 e. The van der Waals surface area contributed by atoms with E-state index in [1.807, 2.05) is 6.07 Å². The molecule has 2 aromatic heterocycles. The number of aldehydes is 1. The number of ether oxygens (including phenoxy) is 1. The fraction of sp³-hybridized carbons (Fsp3) is 0.462. The van der Waals surface area contributed by atoms with Crippen molar-refractivity contribution in [3.8, 4) is 6.07 Å². The van der Waals surface area contributed by atoms with Crippen LogP contribution in [0.25, 0.3) is 0 Å². The molecule has 11 nitrogen and oxygen atoms in total. The van der Waals surface area contributed by atoms with E-state index in [0.717, 1.165) is 37.7 Å². The maximum atomic E-state index is 13.3. The molecule has 1 saturated heterocycles. The maximum Gasteiger partial charge on any atom is 0.328 e. The van der Waals surface area contributed by atoms with Crippen molar-refractivity contribution < 1.29 is 19.1 Å². The Bertz CT molecular complexity index is 1270. The molecule has 4 heterocycles. The van der Waals surface area contributed by atoms with Crippen molar-refractivity contribution in [2.24, 2.45) is 0 Å². The van der Waals surface area contributed by atoms with E-state index in [-0.39, 0.29) is 23.7 Å². The van der Waals surface area contributed by atoms with Gasteiger partial charge in [-0.15, -0.1) is 0 Å². The number of carbonyl (C=O) groups excluding carboxylic acids is 3. The number of fused-ring (bicyclic) bond motifs is 1. The summed E-state index contributed by atoms with van der Waals surface area (Å²) >= 11 is 0. The summed E-state index contributed by atoms with van der Waals surface area (Å²) < 4.78 is 5.43. The van der Waals surface area contributed by atoms with Crippen LogP contribution in [0.3, 0.4) is 0 Å². The Balaban J connectivity index is 1.35. The van der Waals surface area contributed by atoms with E-state index >= 15 is 0 Å². The number of nitrogens with one attached hydrogen (secondary N) is 2. The second-order valence-electron chi connectivity index (χ2n) is 9.57. The second-order valence-corrected chi connectivity index (χ2v) is 9.57. The van der Waals surface area contributed by atoms with Crippen molar-refractivity contribution in [2.45, 2.75) is 57.2 Å². The number of pyridine rings is 2. The highest BCUT2D eigenvalue weighted by atomic mass is 16.5. The molecule has 2 N–H and O–H groups in total. The van der Waals surface area contributed by atoms with Crippen LogP contribution in [0.15, 0.2) is 18.3 Å². The number of methoxy groups -OCH3 is 1. The van der Waals surface area contributed by atoms with Crippen molar-refractivity contribution in [1.29, 1.82) is 5.26 Å². The van der Waals surface area contributed by atoms with Crippen LogP contribution in [0.2, 0.25) is 0 Å². The van der Waals surface area contributed by atoms with Crippen LogP contribution in [0.1, 0.15) is 59.3 Å². The number of urea groups is 1. The lowest BCUT2D eigenvalue weighted by molar-refractivity contribution is -0.128. The quantitative estimate of drug-likeness (QED) is 0.550. The summed E-state index contributed by atoms with van der Waals surface area (Å²) in [6.45, 7) is 1.45. The van der Waals surface area contributed by atoms with Crippen LogP contribution in [-0.4, -0.2) is 65.4 Å². The monoisotopic (exact) mass is 503 g/mol. The van der Waals surface area contributed by atoms with Crippen LogP contribution in [-0.2, 0) is 22.5 Å². The minimum absolute atomic E-state index is 0.0779. The SMILES string of the molecule is COC1CCC1Nc1cc(NC(=O)N2CCCc3cc(CN4CCCC4=O)c(C=O)nc32)ncc1C#N. The lowest BCUT2D eigenvalue weighted by Crippen LogP contribution is -2.44. The van der Waals surface area contributed by atoms with Gasteiger partial charge in [-0.25, -0.2) is 14.8 Å². The first-order valence-corrected chi connectivity index (χ1v) is 12.5. The van der Waals surface area contributed by atoms with E-state index in [9.17, 15) is 19.6 Å². The number of amides is 3. The van der Waals surface area contributed by atoms with Crippen molar-refractivity contribution >= 4 is 35.5 Å². The first-order valence-electron chi connectivity index (χ1n) is 12.5. The Morgan fingerprint density at radius 1 is 1.27 bits per heavy atom. The van der Waals surface area contributed by atoms with Gasteiger partial charge in [0.2, 0.25) is 5.91 Å². The lowest BCUT2D eigenvalue weighted by Gasteiger charge is -2.36. The van der Waals surface area contributed by atoms with E-state index < -0.39 is 6.03 Å². The maximum absolute atomic E-state index is 13.3. The third-order valence-corrected chi connectivity index (χ3v) is 7.28. The number of hydrogen-bond donors (Lipinski definition) is 2. The van der Waals surface area contributed by atoms with Crippen molar-refractivity contribution in [3.63, 3.8) is 0 Å². The van der Waals surface area contributed by atoms with Crippen molar-refractivity contribution in [1.82, 2.24) is 14.9 Å². The zero-order chi connectivity index (χ0) is 25.9. The molecule has 1 saturated carbocycles. The predicted octanol–water partition coefficient (Wildman–Crippen LogP) is 2.86. The van der Waals surface area contributed by atoms with Gasteiger partial charge in [0.15, 0.2) is 6.29 Å². The largest absolute Gasteiger partial charge is 0.379 e. The van der Waals surface area contributed by atoms with Gasteiger partial charge in [0.05, 0.1) is 23.4 Å². The van der Waals surface area contributed by atoms with E-state index in [1.165, 1.54) is 11.1 Å². The molecule has 37 heavy (non-hydrogen) atoms. The second kappa shape index (κ2) is 10.5. The molecule has 192 valence electrons. The highest BCUT2D eigenvalue weighted by Crippen LogP contribution is 2.31. The van der Waals surface area contributed by atoms with Gasteiger partial charge in [-0.3, -0.25) is 19.8 Å². The summed E-state index contributed by atoms with van der Waals surface area (Å²) in [7, 11) is 1.66. The summed E-state index contributed by atoms with van der Waals surface area (Å²) in [5.74, 6) is 0.813. The average Bonchev–Trinajstić information content (AvgIpc) is 3.30. The van der Waals surface area contributed by atoms with Crippen LogP contribution in [0, 0.1) is 11.3 Å². The number of carbonyl (C=O) groups is 3. The topological polar surface area (TPSA) is 141 Å². The number of aryl methyl sites for hydroxylation is 1. The summed E-state index contributed by atoms with van der Waals surface area (Å²) in [4.78, 5) is 49.2. The molecular formula is C26H29N7O4. The fourth-order valence-corrected chi connectivity index (χ4v) is 5.09. The molecule has 2 aromatic rings. The molecule has 2 unspecified atom stereocenters. The van der Waals surface area contributed by atoms with Gasteiger partial charge in [0, 0.05) is 51.0 Å². The first-order chi connectivity index (χ1) is 18.0. The molecular weight excluding hydrogens is 474 g/mol.